The summed E-state index contributed by atoms with van der Waals surface area (Å²) in [6, 6.07) is 3.27. The van der Waals surface area contributed by atoms with E-state index in [2.05, 4.69) is 20.9 Å². The van der Waals surface area contributed by atoms with E-state index in [0.29, 0.717) is 10.8 Å². The maximum Gasteiger partial charge on any atom is 0.141 e. The van der Waals surface area contributed by atoms with Crippen molar-refractivity contribution in [3.8, 4) is 0 Å². The highest BCUT2D eigenvalue weighted by molar-refractivity contribution is 9.10. The summed E-state index contributed by atoms with van der Waals surface area (Å²) in [6.07, 6.45) is 0. The third-order valence-corrected chi connectivity index (χ3v) is 1.69. The molecular formula is C6H6BrCl2N3. The highest BCUT2D eigenvalue weighted by Crippen LogP contribution is 2.15. The lowest BCUT2D eigenvalue weighted by Crippen LogP contribution is -2.12. The molecule has 0 atom stereocenters. The first-order valence-corrected chi connectivity index (χ1v) is 3.94. The van der Waals surface area contributed by atoms with E-state index in [1.54, 1.807) is 12.1 Å². The van der Waals surface area contributed by atoms with Crippen LogP contribution in [0.1, 0.15) is 5.69 Å². The van der Waals surface area contributed by atoms with Gasteiger partial charge in [-0.3, -0.25) is 5.41 Å². The molecule has 6 heteroatoms. The molecule has 0 saturated heterocycles. The standard InChI is InChI=1S/C6H5BrClN3.ClH/c7-3-1-4(6(9)10)11-5(8)2-3;/h1-2H,(H3,9,10);1H. The first-order valence-electron chi connectivity index (χ1n) is 2.77. The molecule has 1 rings (SSSR count). The summed E-state index contributed by atoms with van der Waals surface area (Å²) in [5, 5.41) is 7.39. The summed E-state index contributed by atoms with van der Waals surface area (Å²) in [5.41, 5.74) is 5.57. The topological polar surface area (TPSA) is 62.8 Å². The third kappa shape index (κ3) is 2.97. The predicted molar refractivity (Wildman–Crippen MR) is 55.2 cm³/mol. The molecule has 0 aliphatic heterocycles. The van der Waals surface area contributed by atoms with Crippen LogP contribution in [0.15, 0.2) is 16.6 Å². The van der Waals surface area contributed by atoms with Crippen LogP contribution >= 0.6 is 39.9 Å². The first kappa shape index (κ1) is 11.7. The Morgan fingerprint density at radius 3 is 2.58 bits per heavy atom. The molecule has 0 bridgehead atoms. The summed E-state index contributed by atoms with van der Waals surface area (Å²) in [6.45, 7) is 0. The number of hydrogen-bond acceptors (Lipinski definition) is 2. The minimum atomic E-state index is -0.0896. The van der Waals surface area contributed by atoms with Crippen LogP contribution in [0.3, 0.4) is 0 Å². The quantitative estimate of drug-likeness (QED) is 0.467. The molecule has 0 fully saturated rings. The van der Waals surface area contributed by atoms with Gasteiger partial charge in [0.05, 0.1) is 0 Å². The van der Waals surface area contributed by atoms with Crippen molar-refractivity contribution in [3.63, 3.8) is 0 Å². The van der Waals surface area contributed by atoms with Crippen molar-refractivity contribution in [1.29, 1.82) is 5.41 Å². The molecule has 1 aromatic heterocycles. The molecule has 0 aliphatic rings. The van der Waals surface area contributed by atoms with Crippen molar-refractivity contribution in [1.82, 2.24) is 4.98 Å². The van der Waals surface area contributed by atoms with Crippen LogP contribution in [-0.2, 0) is 0 Å². The number of nitrogen functional groups attached to an aromatic ring is 1. The zero-order chi connectivity index (χ0) is 8.43. The molecule has 0 aliphatic carbocycles. The number of nitrogens with zero attached hydrogens (tertiary/aromatic N) is 1. The second kappa shape index (κ2) is 4.64. The Hall–Kier alpha value is -0.320. The average molecular weight is 271 g/mol. The summed E-state index contributed by atoms with van der Waals surface area (Å²) in [4.78, 5) is 3.82. The van der Waals surface area contributed by atoms with Crippen LogP contribution in [0.5, 0.6) is 0 Å². The molecule has 0 saturated carbocycles. The number of amidine groups is 1. The Morgan fingerprint density at radius 2 is 2.17 bits per heavy atom. The van der Waals surface area contributed by atoms with E-state index in [1.165, 1.54) is 0 Å². The SMILES string of the molecule is Cl.N=C(N)c1cc(Br)cc(Cl)n1. The summed E-state index contributed by atoms with van der Waals surface area (Å²) in [5.74, 6) is -0.0896. The van der Waals surface area contributed by atoms with Gasteiger partial charge in [-0.05, 0) is 12.1 Å². The minimum Gasteiger partial charge on any atom is -0.382 e. The maximum absolute atomic E-state index is 7.06. The van der Waals surface area contributed by atoms with Crippen molar-refractivity contribution in [2.45, 2.75) is 0 Å². The van der Waals surface area contributed by atoms with Gasteiger partial charge in [0.2, 0.25) is 0 Å². The molecule has 3 N–H and O–H groups in total. The number of hydrogen-bond donors (Lipinski definition) is 2. The number of pyridine rings is 1. The fourth-order valence-electron chi connectivity index (χ4n) is 0.604. The molecule has 0 unspecified atom stereocenters. The van der Waals surface area contributed by atoms with Crippen molar-refractivity contribution >= 4 is 45.8 Å². The fraction of sp³-hybridized carbons (Fsp3) is 0. The Balaban J connectivity index is 0.00000121. The van der Waals surface area contributed by atoms with Gasteiger partial charge in [-0.2, -0.15) is 0 Å². The van der Waals surface area contributed by atoms with Gasteiger partial charge in [-0.1, -0.05) is 27.5 Å². The number of nitrogens with two attached hydrogens (primary N) is 1. The zero-order valence-electron chi connectivity index (χ0n) is 5.84. The van der Waals surface area contributed by atoms with Crippen molar-refractivity contribution in [2.24, 2.45) is 5.73 Å². The summed E-state index contributed by atoms with van der Waals surface area (Å²) in [7, 11) is 0. The van der Waals surface area contributed by atoms with E-state index in [1.807, 2.05) is 0 Å². The van der Waals surface area contributed by atoms with Gasteiger partial charge in [0.15, 0.2) is 0 Å². The van der Waals surface area contributed by atoms with E-state index < -0.39 is 0 Å². The van der Waals surface area contributed by atoms with Crippen molar-refractivity contribution < 1.29 is 0 Å². The van der Waals surface area contributed by atoms with E-state index >= 15 is 0 Å². The molecule has 3 nitrogen and oxygen atoms in total. The Bertz CT molecular complexity index is 283. The second-order valence-electron chi connectivity index (χ2n) is 1.91. The van der Waals surface area contributed by atoms with Gasteiger partial charge in [-0.25, -0.2) is 4.98 Å². The van der Waals surface area contributed by atoms with Gasteiger partial charge >= 0.3 is 0 Å². The molecule has 66 valence electrons. The number of aromatic nitrogens is 1. The first-order chi connectivity index (χ1) is 5.09. The van der Waals surface area contributed by atoms with Gasteiger partial charge < -0.3 is 5.73 Å². The number of halogens is 3. The van der Waals surface area contributed by atoms with Gasteiger partial charge in [-0.15, -0.1) is 12.4 Å². The number of nitrogens with one attached hydrogen (secondary N) is 1. The van der Waals surface area contributed by atoms with Crippen LogP contribution in [0, 0.1) is 5.41 Å². The summed E-state index contributed by atoms with van der Waals surface area (Å²) >= 11 is 8.81. The molecule has 1 aromatic rings. The maximum atomic E-state index is 7.06. The normalized spacial score (nSPS) is 8.83. The highest BCUT2D eigenvalue weighted by atomic mass is 79.9. The molecule has 1 heterocycles. The number of rotatable bonds is 1. The van der Waals surface area contributed by atoms with Gasteiger partial charge in [0.1, 0.15) is 16.7 Å². The average Bonchev–Trinajstić information content (AvgIpc) is 1.85. The van der Waals surface area contributed by atoms with Crippen LogP contribution in [0.4, 0.5) is 0 Å². The molecule has 12 heavy (non-hydrogen) atoms. The van der Waals surface area contributed by atoms with Crippen LogP contribution in [-0.4, -0.2) is 10.8 Å². The van der Waals surface area contributed by atoms with E-state index in [0.717, 1.165) is 4.47 Å². The zero-order valence-corrected chi connectivity index (χ0v) is 9.00. The van der Waals surface area contributed by atoms with Gasteiger partial charge in [0.25, 0.3) is 0 Å². The van der Waals surface area contributed by atoms with E-state index in [4.69, 9.17) is 22.7 Å². The minimum absolute atomic E-state index is 0. The van der Waals surface area contributed by atoms with Crippen LogP contribution in [0.2, 0.25) is 5.15 Å². The predicted octanol–water partition coefficient (Wildman–Crippen LogP) is 2.20. The van der Waals surface area contributed by atoms with Crippen LogP contribution < -0.4 is 5.73 Å². The largest absolute Gasteiger partial charge is 0.382 e. The highest BCUT2D eigenvalue weighted by Gasteiger charge is 2.00. The third-order valence-electron chi connectivity index (χ3n) is 1.03. The molecule has 0 amide bonds. The van der Waals surface area contributed by atoms with Crippen LogP contribution in [0.25, 0.3) is 0 Å². The van der Waals surface area contributed by atoms with Crippen molar-refractivity contribution in [3.05, 3.63) is 27.5 Å². The Morgan fingerprint density at radius 1 is 1.58 bits per heavy atom. The monoisotopic (exact) mass is 269 g/mol. The molecule has 0 spiro atoms. The Labute approximate surface area is 89.4 Å². The molecular weight excluding hydrogens is 265 g/mol. The smallest absolute Gasteiger partial charge is 0.141 e. The molecule has 0 radical (unpaired) electrons. The molecule has 0 aromatic carbocycles. The van der Waals surface area contributed by atoms with Crippen molar-refractivity contribution in [2.75, 3.05) is 0 Å². The summed E-state index contributed by atoms with van der Waals surface area (Å²) < 4.78 is 0.766. The Kier molecular flexibility index (Phi) is 4.52. The lowest BCUT2D eigenvalue weighted by Gasteiger charge is -1.98. The van der Waals surface area contributed by atoms with E-state index in [9.17, 15) is 0 Å². The fourth-order valence-corrected chi connectivity index (χ4v) is 1.38. The lowest BCUT2D eigenvalue weighted by molar-refractivity contribution is 1.25. The lowest BCUT2D eigenvalue weighted by atomic mass is 10.3. The van der Waals surface area contributed by atoms with Gasteiger partial charge in [0, 0.05) is 4.47 Å². The van der Waals surface area contributed by atoms with E-state index in [-0.39, 0.29) is 18.2 Å². The second-order valence-corrected chi connectivity index (χ2v) is 3.21.